The predicted molar refractivity (Wildman–Crippen MR) is 63.6 cm³/mol. The van der Waals surface area contributed by atoms with Crippen molar-refractivity contribution in [2.75, 3.05) is 11.9 Å². The van der Waals surface area contributed by atoms with Crippen molar-refractivity contribution in [2.45, 2.75) is 13.8 Å². The molecule has 0 saturated heterocycles. The first-order valence-electron chi connectivity index (χ1n) is 5.36. The van der Waals surface area contributed by atoms with Gasteiger partial charge in [-0.05, 0) is 18.1 Å². The van der Waals surface area contributed by atoms with Gasteiger partial charge in [0.1, 0.15) is 11.7 Å². The van der Waals surface area contributed by atoms with E-state index in [9.17, 15) is 9.59 Å². The average molecular weight is 236 g/mol. The fraction of sp³-hybridized carbons (Fsp3) is 0.417. The standard InChI is InChI=1S/C12H16N2O3/c1-8(2)10(12(16)17)11(15)14(3)9-6-4-5-7-13-9/h4-8,10H,1-3H3,(H,16,17). The van der Waals surface area contributed by atoms with E-state index < -0.39 is 17.8 Å². The van der Waals surface area contributed by atoms with Gasteiger partial charge in [-0.1, -0.05) is 19.9 Å². The van der Waals surface area contributed by atoms with E-state index >= 15 is 0 Å². The monoisotopic (exact) mass is 236 g/mol. The number of pyridine rings is 1. The van der Waals surface area contributed by atoms with Crippen LogP contribution >= 0.6 is 0 Å². The number of carboxylic acids is 1. The fourth-order valence-corrected chi connectivity index (χ4v) is 1.55. The minimum Gasteiger partial charge on any atom is -0.481 e. The molecule has 1 aromatic heterocycles. The average Bonchev–Trinajstić information content (AvgIpc) is 2.28. The maximum atomic E-state index is 12.0. The van der Waals surface area contributed by atoms with Gasteiger partial charge in [-0.15, -0.1) is 0 Å². The molecule has 92 valence electrons. The molecule has 0 saturated carbocycles. The quantitative estimate of drug-likeness (QED) is 0.802. The van der Waals surface area contributed by atoms with Crippen LogP contribution in [0.15, 0.2) is 24.4 Å². The Bertz CT molecular complexity index is 403. The predicted octanol–water partition coefficient (Wildman–Crippen LogP) is 1.40. The number of aromatic nitrogens is 1. The van der Waals surface area contributed by atoms with E-state index in [0.29, 0.717) is 5.82 Å². The molecular formula is C12H16N2O3. The summed E-state index contributed by atoms with van der Waals surface area (Å²) in [5.41, 5.74) is 0. The summed E-state index contributed by atoms with van der Waals surface area (Å²) < 4.78 is 0. The van der Waals surface area contributed by atoms with Crippen molar-refractivity contribution in [3.63, 3.8) is 0 Å². The third kappa shape index (κ3) is 3.03. The first-order chi connectivity index (χ1) is 7.95. The molecule has 0 aliphatic carbocycles. The Kier molecular flexibility index (Phi) is 4.20. The van der Waals surface area contributed by atoms with Gasteiger partial charge in [0.25, 0.3) is 0 Å². The van der Waals surface area contributed by atoms with Crippen molar-refractivity contribution < 1.29 is 14.7 Å². The van der Waals surface area contributed by atoms with Gasteiger partial charge in [0.15, 0.2) is 0 Å². The highest BCUT2D eigenvalue weighted by Crippen LogP contribution is 2.17. The first-order valence-corrected chi connectivity index (χ1v) is 5.36. The van der Waals surface area contributed by atoms with Crippen LogP contribution in [0.5, 0.6) is 0 Å². The highest BCUT2D eigenvalue weighted by atomic mass is 16.4. The van der Waals surface area contributed by atoms with Crippen molar-refractivity contribution in [3.05, 3.63) is 24.4 Å². The second-order valence-electron chi connectivity index (χ2n) is 4.15. The molecule has 1 N–H and O–H groups in total. The minimum absolute atomic E-state index is 0.258. The summed E-state index contributed by atoms with van der Waals surface area (Å²) in [6, 6.07) is 5.15. The number of hydrogen-bond acceptors (Lipinski definition) is 3. The lowest BCUT2D eigenvalue weighted by Gasteiger charge is -2.22. The van der Waals surface area contributed by atoms with E-state index in [2.05, 4.69) is 4.98 Å². The summed E-state index contributed by atoms with van der Waals surface area (Å²) in [6.07, 6.45) is 1.56. The number of anilines is 1. The van der Waals surface area contributed by atoms with Gasteiger partial charge >= 0.3 is 5.97 Å². The van der Waals surface area contributed by atoms with E-state index in [-0.39, 0.29) is 5.92 Å². The molecule has 5 nitrogen and oxygen atoms in total. The minimum atomic E-state index is -1.10. The smallest absolute Gasteiger partial charge is 0.316 e. The molecule has 0 bridgehead atoms. The topological polar surface area (TPSA) is 70.5 Å². The van der Waals surface area contributed by atoms with Crippen LogP contribution in [0.1, 0.15) is 13.8 Å². The van der Waals surface area contributed by atoms with Crippen molar-refractivity contribution in [1.29, 1.82) is 0 Å². The third-order valence-electron chi connectivity index (χ3n) is 2.52. The van der Waals surface area contributed by atoms with E-state index in [1.807, 2.05) is 0 Å². The molecule has 0 aliphatic rings. The van der Waals surface area contributed by atoms with Crippen LogP contribution in [0.25, 0.3) is 0 Å². The molecule has 17 heavy (non-hydrogen) atoms. The van der Waals surface area contributed by atoms with Crippen LogP contribution in [0.2, 0.25) is 0 Å². The molecule has 5 heteroatoms. The number of hydrogen-bond donors (Lipinski definition) is 1. The molecule has 0 aromatic carbocycles. The molecule has 0 spiro atoms. The summed E-state index contributed by atoms with van der Waals surface area (Å²) in [5, 5.41) is 9.04. The fourth-order valence-electron chi connectivity index (χ4n) is 1.55. The number of carbonyl (C=O) groups is 2. The summed E-state index contributed by atoms with van der Waals surface area (Å²) in [7, 11) is 1.53. The van der Waals surface area contributed by atoms with Crippen molar-refractivity contribution in [3.8, 4) is 0 Å². The Morgan fingerprint density at radius 1 is 1.35 bits per heavy atom. The zero-order valence-electron chi connectivity index (χ0n) is 10.1. The van der Waals surface area contributed by atoms with Crippen LogP contribution < -0.4 is 4.90 Å². The molecule has 0 aliphatic heterocycles. The maximum Gasteiger partial charge on any atom is 0.316 e. The number of aliphatic carboxylic acids is 1. The Hall–Kier alpha value is -1.91. The van der Waals surface area contributed by atoms with Crippen molar-refractivity contribution in [2.24, 2.45) is 11.8 Å². The highest BCUT2D eigenvalue weighted by molar-refractivity contribution is 6.05. The van der Waals surface area contributed by atoms with Crippen LogP contribution in [0.3, 0.4) is 0 Å². The van der Waals surface area contributed by atoms with E-state index in [1.165, 1.54) is 11.9 Å². The summed E-state index contributed by atoms with van der Waals surface area (Å²) in [5.74, 6) is -2.41. The van der Waals surface area contributed by atoms with Gasteiger partial charge in [-0.2, -0.15) is 0 Å². The molecule has 0 radical (unpaired) electrons. The lowest BCUT2D eigenvalue weighted by atomic mass is 9.94. The number of amides is 1. The number of rotatable bonds is 4. The third-order valence-corrected chi connectivity index (χ3v) is 2.52. The Labute approximate surface area is 100 Å². The van der Waals surface area contributed by atoms with Crippen LogP contribution in [-0.4, -0.2) is 29.0 Å². The molecule has 1 atom stereocenters. The SMILES string of the molecule is CC(C)C(C(=O)O)C(=O)N(C)c1ccccn1. The maximum absolute atomic E-state index is 12.0. The molecule has 1 rings (SSSR count). The Balaban J connectivity index is 2.92. The van der Waals surface area contributed by atoms with E-state index in [1.54, 1.807) is 38.2 Å². The van der Waals surface area contributed by atoms with Crippen LogP contribution in [-0.2, 0) is 9.59 Å². The van der Waals surface area contributed by atoms with Crippen molar-refractivity contribution >= 4 is 17.7 Å². The summed E-state index contributed by atoms with van der Waals surface area (Å²) in [4.78, 5) is 28.4. The number of carbonyl (C=O) groups excluding carboxylic acids is 1. The molecule has 1 heterocycles. The second-order valence-corrected chi connectivity index (χ2v) is 4.15. The lowest BCUT2D eigenvalue weighted by Crippen LogP contribution is -2.40. The zero-order chi connectivity index (χ0) is 13.0. The summed E-state index contributed by atoms with van der Waals surface area (Å²) in [6.45, 7) is 3.42. The van der Waals surface area contributed by atoms with Gasteiger partial charge in [-0.25, -0.2) is 4.98 Å². The van der Waals surface area contributed by atoms with Gasteiger partial charge in [0.2, 0.25) is 5.91 Å². The molecule has 1 unspecified atom stereocenters. The summed E-state index contributed by atoms with van der Waals surface area (Å²) >= 11 is 0. The first kappa shape index (κ1) is 13.2. The van der Waals surface area contributed by atoms with Crippen molar-refractivity contribution in [1.82, 2.24) is 4.98 Å². The zero-order valence-corrected chi connectivity index (χ0v) is 10.1. The Morgan fingerprint density at radius 3 is 2.41 bits per heavy atom. The molecule has 1 aromatic rings. The Morgan fingerprint density at radius 2 is 2.00 bits per heavy atom. The van der Waals surface area contributed by atoms with Gasteiger partial charge in [0, 0.05) is 13.2 Å². The second kappa shape index (κ2) is 5.43. The van der Waals surface area contributed by atoms with Gasteiger partial charge in [-0.3, -0.25) is 14.5 Å². The molecular weight excluding hydrogens is 220 g/mol. The van der Waals surface area contributed by atoms with Crippen LogP contribution in [0, 0.1) is 11.8 Å². The van der Waals surface area contributed by atoms with Gasteiger partial charge in [0.05, 0.1) is 0 Å². The van der Waals surface area contributed by atoms with Crippen LogP contribution in [0.4, 0.5) is 5.82 Å². The highest BCUT2D eigenvalue weighted by Gasteiger charge is 2.32. The van der Waals surface area contributed by atoms with E-state index in [0.717, 1.165) is 0 Å². The lowest BCUT2D eigenvalue weighted by molar-refractivity contribution is -0.147. The molecule has 1 amide bonds. The normalized spacial score (nSPS) is 12.2. The largest absolute Gasteiger partial charge is 0.481 e. The number of nitrogens with zero attached hydrogens (tertiary/aromatic N) is 2. The van der Waals surface area contributed by atoms with Gasteiger partial charge < -0.3 is 5.11 Å². The number of carboxylic acid groups (broad SMARTS) is 1. The molecule has 0 fully saturated rings. The van der Waals surface area contributed by atoms with E-state index in [4.69, 9.17) is 5.11 Å².